The lowest BCUT2D eigenvalue weighted by molar-refractivity contribution is -0.137. The molecule has 0 amide bonds. The minimum Gasteiger partial charge on any atom is -0.481 e. The molecule has 0 aliphatic rings. The first-order chi connectivity index (χ1) is 11.2. The third kappa shape index (κ3) is 6.33. The van der Waals surface area contributed by atoms with Crippen LogP contribution in [-0.2, 0) is 22.4 Å². The predicted molar refractivity (Wildman–Crippen MR) is 89.9 cm³/mol. The minimum absolute atomic E-state index is 0.0109. The summed E-state index contributed by atoms with van der Waals surface area (Å²) in [6.45, 7) is 0.586. The number of nitrogens with zero attached hydrogens (tertiary/aromatic N) is 2. The molecular formula is C16H21N3O3S. The number of anilines is 1. The second-order valence-corrected chi connectivity index (χ2v) is 5.97. The van der Waals surface area contributed by atoms with Crippen LogP contribution < -0.4 is 5.32 Å². The van der Waals surface area contributed by atoms with Crippen molar-refractivity contribution in [1.82, 2.24) is 9.36 Å². The zero-order valence-electron chi connectivity index (χ0n) is 13.1. The Hall–Kier alpha value is -1.99. The van der Waals surface area contributed by atoms with Crippen molar-refractivity contribution in [2.24, 2.45) is 0 Å². The predicted octanol–water partition coefficient (Wildman–Crippen LogP) is 2.62. The fourth-order valence-corrected chi connectivity index (χ4v) is 2.89. The van der Waals surface area contributed by atoms with Gasteiger partial charge in [-0.3, -0.25) is 4.79 Å². The quantitative estimate of drug-likeness (QED) is 0.694. The topological polar surface area (TPSA) is 84.3 Å². The molecule has 1 unspecified atom stereocenters. The van der Waals surface area contributed by atoms with Crippen molar-refractivity contribution < 1.29 is 14.6 Å². The van der Waals surface area contributed by atoms with Crippen molar-refractivity contribution in [2.75, 3.05) is 19.0 Å². The van der Waals surface area contributed by atoms with E-state index in [1.807, 2.05) is 30.3 Å². The van der Waals surface area contributed by atoms with Crippen molar-refractivity contribution in [1.29, 1.82) is 0 Å². The van der Waals surface area contributed by atoms with E-state index in [1.54, 1.807) is 7.11 Å². The van der Waals surface area contributed by atoms with Crippen molar-refractivity contribution in [2.45, 2.75) is 31.7 Å². The van der Waals surface area contributed by atoms with Crippen LogP contribution in [0.25, 0.3) is 0 Å². The molecule has 0 radical (unpaired) electrons. The minimum atomic E-state index is -0.789. The van der Waals surface area contributed by atoms with Crippen LogP contribution in [0.1, 0.15) is 24.2 Å². The van der Waals surface area contributed by atoms with Crippen LogP contribution in [0.5, 0.6) is 0 Å². The number of hydrogen-bond donors (Lipinski definition) is 2. The highest BCUT2D eigenvalue weighted by molar-refractivity contribution is 7.09. The molecule has 23 heavy (non-hydrogen) atoms. The molecule has 1 aromatic heterocycles. The summed E-state index contributed by atoms with van der Waals surface area (Å²) in [7, 11) is 1.65. The Labute approximate surface area is 139 Å². The highest BCUT2D eigenvalue weighted by atomic mass is 32.1. The Kier molecular flexibility index (Phi) is 6.96. The fourth-order valence-electron chi connectivity index (χ4n) is 2.20. The first-order valence-electron chi connectivity index (χ1n) is 7.51. The van der Waals surface area contributed by atoms with Gasteiger partial charge in [0.15, 0.2) is 0 Å². The summed E-state index contributed by atoms with van der Waals surface area (Å²) in [6, 6.07) is 10.0. The molecule has 0 aliphatic heterocycles. The molecule has 1 aromatic carbocycles. The Morgan fingerprint density at radius 3 is 2.87 bits per heavy atom. The van der Waals surface area contributed by atoms with Gasteiger partial charge in [-0.05, 0) is 18.4 Å². The average molecular weight is 335 g/mol. The number of methoxy groups -OCH3 is 1. The molecule has 0 saturated carbocycles. The second-order valence-electron chi connectivity index (χ2n) is 5.22. The Morgan fingerprint density at radius 1 is 1.39 bits per heavy atom. The van der Waals surface area contributed by atoms with Gasteiger partial charge in [-0.15, -0.1) is 0 Å². The molecule has 7 heteroatoms. The molecule has 0 saturated heterocycles. The van der Waals surface area contributed by atoms with E-state index in [-0.39, 0.29) is 12.5 Å². The molecule has 2 N–H and O–H groups in total. The van der Waals surface area contributed by atoms with Crippen molar-refractivity contribution in [3.63, 3.8) is 0 Å². The number of carboxylic acid groups (broad SMARTS) is 1. The van der Waals surface area contributed by atoms with E-state index in [2.05, 4.69) is 14.7 Å². The summed E-state index contributed by atoms with van der Waals surface area (Å²) in [5.74, 6) is -0.0426. The summed E-state index contributed by atoms with van der Waals surface area (Å²) in [5, 5.41) is 13.0. The third-order valence-electron chi connectivity index (χ3n) is 3.36. The number of carbonyl (C=O) groups is 1. The average Bonchev–Trinajstić information content (AvgIpc) is 2.99. The van der Waals surface area contributed by atoms with E-state index in [0.29, 0.717) is 19.4 Å². The molecule has 1 atom stereocenters. The summed E-state index contributed by atoms with van der Waals surface area (Å²) >= 11 is 1.30. The number of aromatic nitrogens is 2. The van der Waals surface area contributed by atoms with Crippen molar-refractivity contribution in [3.05, 3.63) is 41.7 Å². The van der Waals surface area contributed by atoms with Crippen LogP contribution >= 0.6 is 11.5 Å². The summed E-state index contributed by atoms with van der Waals surface area (Å²) in [6.07, 6.45) is 2.09. The van der Waals surface area contributed by atoms with Crippen LogP contribution in [-0.4, -0.2) is 40.2 Å². The molecule has 6 nitrogen and oxygen atoms in total. The van der Waals surface area contributed by atoms with E-state index >= 15 is 0 Å². The number of carboxylic acids is 1. The summed E-state index contributed by atoms with van der Waals surface area (Å²) in [5.41, 5.74) is 1.17. The first kappa shape index (κ1) is 17.4. The van der Waals surface area contributed by atoms with Gasteiger partial charge in [0.1, 0.15) is 5.82 Å². The molecule has 0 bridgehead atoms. The van der Waals surface area contributed by atoms with Gasteiger partial charge in [0, 0.05) is 37.5 Å². The van der Waals surface area contributed by atoms with Crippen molar-refractivity contribution in [3.8, 4) is 0 Å². The maximum absolute atomic E-state index is 10.9. The van der Waals surface area contributed by atoms with Gasteiger partial charge in [-0.25, -0.2) is 4.98 Å². The Bertz CT molecular complexity index is 604. The highest BCUT2D eigenvalue weighted by Crippen LogP contribution is 2.17. The van der Waals surface area contributed by atoms with Gasteiger partial charge in [-0.2, -0.15) is 4.37 Å². The Morgan fingerprint density at radius 2 is 2.17 bits per heavy atom. The van der Waals surface area contributed by atoms with Gasteiger partial charge in [-0.1, -0.05) is 30.3 Å². The number of nitrogens with one attached hydrogen (secondary N) is 1. The van der Waals surface area contributed by atoms with Gasteiger partial charge in [0.2, 0.25) is 5.13 Å². The van der Waals surface area contributed by atoms with E-state index in [9.17, 15) is 4.79 Å². The normalized spacial score (nSPS) is 12.0. The first-order valence-corrected chi connectivity index (χ1v) is 8.28. The monoisotopic (exact) mass is 335 g/mol. The van der Waals surface area contributed by atoms with E-state index in [4.69, 9.17) is 9.84 Å². The smallest absolute Gasteiger partial charge is 0.303 e. The van der Waals surface area contributed by atoms with Gasteiger partial charge in [0.25, 0.3) is 0 Å². The Balaban J connectivity index is 1.98. The lowest BCUT2D eigenvalue weighted by Gasteiger charge is -2.17. The molecule has 124 valence electrons. The third-order valence-corrected chi connectivity index (χ3v) is 4.04. The highest BCUT2D eigenvalue weighted by Gasteiger charge is 2.14. The molecule has 1 heterocycles. The zero-order chi connectivity index (χ0) is 16.5. The maximum Gasteiger partial charge on any atom is 0.303 e. The fraction of sp³-hybridized carbons (Fsp3) is 0.438. The standard InChI is InChI=1S/C16H21N3O3S/c1-22-10-9-14-18-16(23-19-14)17-13(7-8-15(20)21)11-12-5-3-2-4-6-12/h2-6,13H,7-11H2,1H3,(H,20,21)(H,17,18,19). The van der Waals surface area contributed by atoms with Crippen LogP contribution in [0, 0.1) is 0 Å². The van der Waals surface area contributed by atoms with Crippen molar-refractivity contribution >= 4 is 22.6 Å². The molecule has 2 rings (SSSR count). The zero-order valence-corrected chi connectivity index (χ0v) is 13.9. The number of rotatable bonds is 10. The van der Waals surface area contributed by atoms with Gasteiger partial charge < -0.3 is 15.2 Å². The van der Waals surface area contributed by atoms with Gasteiger partial charge in [0.05, 0.1) is 6.61 Å². The SMILES string of the molecule is COCCc1nsc(NC(CCC(=O)O)Cc2ccccc2)n1. The van der Waals surface area contributed by atoms with Crippen LogP contribution in [0.15, 0.2) is 30.3 Å². The lowest BCUT2D eigenvalue weighted by atomic mass is 10.0. The molecule has 0 fully saturated rings. The summed E-state index contributed by atoms with van der Waals surface area (Å²) < 4.78 is 9.30. The maximum atomic E-state index is 10.9. The van der Waals surface area contributed by atoms with E-state index in [1.165, 1.54) is 17.1 Å². The lowest BCUT2D eigenvalue weighted by Crippen LogP contribution is -2.23. The number of hydrogen-bond acceptors (Lipinski definition) is 6. The molecule has 0 spiro atoms. The van der Waals surface area contributed by atoms with E-state index in [0.717, 1.165) is 17.4 Å². The van der Waals surface area contributed by atoms with Crippen LogP contribution in [0.3, 0.4) is 0 Å². The molecule has 0 aliphatic carbocycles. The largest absolute Gasteiger partial charge is 0.481 e. The van der Waals surface area contributed by atoms with Crippen LogP contribution in [0.2, 0.25) is 0 Å². The summed E-state index contributed by atoms with van der Waals surface area (Å²) in [4.78, 5) is 15.3. The second kappa shape index (κ2) is 9.22. The van der Waals surface area contributed by atoms with E-state index < -0.39 is 5.97 Å². The molecular weight excluding hydrogens is 314 g/mol. The number of ether oxygens (including phenoxy) is 1. The molecule has 2 aromatic rings. The van der Waals surface area contributed by atoms with Gasteiger partial charge >= 0.3 is 5.97 Å². The number of benzene rings is 1. The van der Waals surface area contributed by atoms with Crippen LogP contribution in [0.4, 0.5) is 5.13 Å². The number of aliphatic carboxylic acids is 1.